The summed E-state index contributed by atoms with van der Waals surface area (Å²) in [4.78, 5) is 11.4. The van der Waals surface area contributed by atoms with E-state index in [1.54, 1.807) is 12.1 Å². The van der Waals surface area contributed by atoms with Crippen LogP contribution in [0, 0.1) is 0 Å². The Balaban J connectivity index is 2.24. The fourth-order valence-electron chi connectivity index (χ4n) is 1.43. The highest BCUT2D eigenvalue weighted by molar-refractivity contribution is 7.10. The fraction of sp³-hybridized carbons (Fsp3) is 0.0833. The van der Waals surface area contributed by atoms with Crippen LogP contribution >= 0.6 is 11.3 Å². The molecule has 0 unspecified atom stereocenters. The van der Waals surface area contributed by atoms with Crippen LogP contribution in [0.25, 0.3) is 11.1 Å². The molecule has 4 heteroatoms. The first kappa shape index (κ1) is 10.7. The van der Waals surface area contributed by atoms with Crippen LogP contribution in [0.3, 0.4) is 0 Å². The molecule has 1 aromatic carbocycles. The number of benzene rings is 1. The molecule has 0 radical (unpaired) electrons. The van der Waals surface area contributed by atoms with Crippen molar-refractivity contribution in [1.82, 2.24) is 0 Å². The molecule has 0 aliphatic heterocycles. The smallest absolute Gasteiger partial charge is 0.308 e. The molecular formula is C12H10O3S. The van der Waals surface area contributed by atoms with Gasteiger partial charge in [0.1, 0.15) is 5.75 Å². The van der Waals surface area contributed by atoms with Gasteiger partial charge < -0.3 is 10.2 Å². The number of carboxylic acids is 1. The molecule has 2 N–H and O–H groups in total. The molecule has 0 atom stereocenters. The van der Waals surface area contributed by atoms with Gasteiger partial charge in [-0.25, -0.2) is 0 Å². The highest BCUT2D eigenvalue weighted by atomic mass is 32.1. The van der Waals surface area contributed by atoms with Crippen molar-refractivity contribution < 1.29 is 15.0 Å². The first-order valence-corrected chi connectivity index (χ1v) is 5.62. The summed E-state index contributed by atoms with van der Waals surface area (Å²) >= 11 is 1.43. The van der Waals surface area contributed by atoms with Gasteiger partial charge in [0.15, 0.2) is 0 Å². The Morgan fingerprint density at radius 3 is 2.50 bits per heavy atom. The van der Waals surface area contributed by atoms with Gasteiger partial charge in [-0.2, -0.15) is 0 Å². The third-order valence-electron chi connectivity index (χ3n) is 2.18. The standard InChI is InChI=1S/C12H10O3S/c13-10-3-1-8(2-4-10)9-5-11(16-7-9)6-12(14)15/h1-5,7,13H,6H2,(H,14,15). The number of phenolic OH excluding ortho intramolecular Hbond substituents is 1. The monoisotopic (exact) mass is 234 g/mol. The quantitative estimate of drug-likeness (QED) is 0.858. The summed E-state index contributed by atoms with van der Waals surface area (Å²) in [5, 5.41) is 19.7. The maximum absolute atomic E-state index is 10.5. The number of thiophene rings is 1. The number of hydrogen-bond acceptors (Lipinski definition) is 3. The number of aliphatic carboxylic acids is 1. The van der Waals surface area contributed by atoms with Gasteiger partial charge >= 0.3 is 5.97 Å². The van der Waals surface area contributed by atoms with Crippen molar-refractivity contribution in [2.75, 3.05) is 0 Å². The van der Waals surface area contributed by atoms with Crippen LogP contribution < -0.4 is 0 Å². The van der Waals surface area contributed by atoms with Crippen LogP contribution in [0.1, 0.15) is 4.88 Å². The Labute approximate surface area is 96.6 Å². The van der Waals surface area contributed by atoms with Crippen molar-refractivity contribution in [3.63, 3.8) is 0 Å². The van der Waals surface area contributed by atoms with E-state index in [0.29, 0.717) is 0 Å². The van der Waals surface area contributed by atoms with Crippen molar-refractivity contribution in [2.45, 2.75) is 6.42 Å². The van der Waals surface area contributed by atoms with Gasteiger partial charge in [0, 0.05) is 4.88 Å². The molecule has 2 aromatic rings. The zero-order valence-electron chi connectivity index (χ0n) is 8.38. The van der Waals surface area contributed by atoms with E-state index < -0.39 is 5.97 Å². The normalized spacial score (nSPS) is 10.2. The first-order valence-electron chi connectivity index (χ1n) is 4.74. The molecule has 0 spiro atoms. The highest BCUT2D eigenvalue weighted by Gasteiger charge is 2.05. The van der Waals surface area contributed by atoms with Crippen molar-refractivity contribution in [3.05, 3.63) is 40.6 Å². The van der Waals surface area contributed by atoms with Gasteiger partial charge in [-0.3, -0.25) is 4.79 Å². The van der Waals surface area contributed by atoms with Crippen LogP contribution in [-0.4, -0.2) is 16.2 Å². The van der Waals surface area contributed by atoms with Gasteiger partial charge in [0.05, 0.1) is 6.42 Å². The highest BCUT2D eigenvalue weighted by Crippen LogP contribution is 2.27. The molecular weight excluding hydrogens is 224 g/mol. The molecule has 0 aliphatic carbocycles. The molecule has 2 rings (SSSR count). The van der Waals surface area contributed by atoms with Crippen LogP contribution in [-0.2, 0) is 11.2 Å². The van der Waals surface area contributed by atoms with Crippen molar-refractivity contribution >= 4 is 17.3 Å². The summed E-state index contributed by atoms with van der Waals surface area (Å²) in [5.74, 6) is -0.594. The van der Waals surface area contributed by atoms with Crippen molar-refractivity contribution in [3.8, 4) is 16.9 Å². The van der Waals surface area contributed by atoms with Crippen LogP contribution in [0.5, 0.6) is 5.75 Å². The molecule has 0 aliphatic rings. The van der Waals surface area contributed by atoms with Crippen molar-refractivity contribution in [1.29, 1.82) is 0 Å². The third-order valence-corrected chi connectivity index (χ3v) is 3.12. The molecule has 0 amide bonds. The van der Waals surface area contributed by atoms with E-state index >= 15 is 0 Å². The number of rotatable bonds is 3. The minimum atomic E-state index is -0.820. The summed E-state index contributed by atoms with van der Waals surface area (Å²) in [7, 11) is 0. The predicted octanol–water partition coefficient (Wildman–Crippen LogP) is 2.75. The van der Waals surface area contributed by atoms with Crippen LogP contribution in [0.4, 0.5) is 0 Å². The lowest BCUT2D eigenvalue weighted by Crippen LogP contribution is -1.97. The second-order valence-corrected chi connectivity index (χ2v) is 4.41. The zero-order valence-corrected chi connectivity index (χ0v) is 9.20. The van der Waals surface area contributed by atoms with E-state index in [0.717, 1.165) is 16.0 Å². The predicted molar refractivity (Wildman–Crippen MR) is 62.8 cm³/mol. The lowest BCUT2D eigenvalue weighted by molar-refractivity contribution is -0.136. The minimum absolute atomic E-state index is 0.0583. The average molecular weight is 234 g/mol. The minimum Gasteiger partial charge on any atom is -0.508 e. The Hall–Kier alpha value is -1.81. The van der Waals surface area contributed by atoms with Gasteiger partial charge in [0.25, 0.3) is 0 Å². The van der Waals surface area contributed by atoms with Crippen LogP contribution in [0.15, 0.2) is 35.7 Å². The average Bonchev–Trinajstić information content (AvgIpc) is 2.66. The van der Waals surface area contributed by atoms with E-state index in [1.807, 2.05) is 23.6 Å². The molecule has 0 saturated carbocycles. The number of hydrogen-bond donors (Lipinski definition) is 2. The fourth-order valence-corrected chi connectivity index (χ4v) is 2.31. The topological polar surface area (TPSA) is 57.5 Å². The zero-order chi connectivity index (χ0) is 11.5. The molecule has 3 nitrogen and oxygen atoms in total. The van der Waals surface area contributed by atoms with E-state index in [1.165, 1.54) is 11.3 Å². The van der Waals surface area contributed by atoms with Crippen LogP contribution in [0.2, 0.25) is 0 Å². The Morgan fingerprint density at radius 2 is 1.88 bits per heavy atom. The lowest BCUT2D eigenvalue weighted by Gasteiger charge is -1.97. The van der Waals surface area contributed by atoms with E-state index in [-0.39, 0.29) is 12.2 Å². The van der Waals surface area contributed by atoms with Gasteiger partial charge in [0.2, 0.25) is 0 Å². The molecule has 0 bridgehead atoms. The van der Waals surface area contributed by atoms with Crippen molar-refractivity contribution in [2.24, 2.45) is 0 Å². The maximum Gasteiger partial charge on any atom is 0.308 e. The molecule has 1 heterocycles. The maximum atomic E-state index is 10.5. The summed E-state index contributed by atoms with van der Waals surface area (Å²) in [5.41, 5.74) is 1.96. The summed E-state index contributed by atoms with van der Waals surface area (Å²) in [6.45, 7) is 0. The third kappa shape index (κ3) is 2.41. The van der Waals surface area contributed by atoms with E-state index in [4.69, 9.17) is 10.2 Å². The largest absolute Gasteiger partial charge is 0.508 e. The summed E-state index contributed by atoms with van der Waals surface area (Å²) in [6, 6.07) is 8.71. The van der Waals surface area contributed by atoms with Gasteiger partial charge in [-0.15, -0.1) is 11.3 Å². The molecule has 0 fully saturated rings. The molecule has 1 aromatic heterocycles. The van der Waals surface area contributed by atoms with Gasteiger partial charge in [-0.1, -0.05) is 12.1 Å². The molecule has 82 valence electrons. The van der Waals surface area contributed by atoms with Gasteiger partial charge in [-0.05, 0) is 34.7 Å². The Bertz CT molecular complexity index is 499. The molecule has 0 saturated heterocycles. The van der Waals surface area contributed by atoms with E-state index in [9.17, 15) is 4.79 Å². The summed E-state index contributed by atoms with van der Waals surface area (Å²) in [6.07, 6.45) is 0.0583. The first-order chi connectivity index (χ1) is 7.65. The molecule has 16 heavy (non-hydrogen) atoms. The number of carboxylic acid groups (broad SMARTS) is 1. The summed E-state index contributed by atoms with van der Waals surface area (Å²) < 4.78 is 0. The SMILES string of the molecule is O=C(O)Cc1cc(-c2ccc(O)cc2)cs1. The second kappa shape index (κ2) is 4.37. The number of aromatic hydroxyl groups is 1. The van der Waals surface area contributed by atoms with E-state index in [2.05, 4.69) is 0 Å². The number of carbonyl (C=O) groups is 1. The Morgan fingerprint density at radius 1 is 1.19 bits per heavy atom. The lowest BCUT2D eigenvalue weighted by atomic mass is 10.1. The Kier molecular flexibility index (Phi) is 2.92. The number of phenols is 1. The second-order valence-electron chi connectivity index (χ2n) is 3.42.